The highest BCUT2D eigenvalue weighted by Crippen LogP contribution is 2.34. The predicted octanol–water partition coefficient (Wildman–Crippen LogP) is 4.07. The number of ether oxygens (including phenoxy) is 1. The number of nitrogens with zero attached hydrogens (tertiary/aromatic N) is 3. The average molecular weight is 387 g/mol. The molecule has 1 saturated carbocycles. The fourth-order valence-corrected chi connectivity index (χ4v) is 4.15. The number of amides is 1. The summed E-state index contributed by atoms with van der Waals surface area (Å²) in [5, 5.41) is 4.06. The lowest BCUT2D eigenvalue weighted by atomic mass is 9.98. The minimum atomic E-state index is -0.292. The Morgan fingerprint density at radius 2 is 1.89 bits per heavy atom. The van der Waals surface area contributed by atoms with Gasteiger partial charge >= 0.3 is 0 Å². The van der Waals surface area contributed by atoms with Gasteiger partial charge in [0.15, 0.2) is 5.82 Å². The lowest BCUT2D eigenvalue weighted by Crippen LogP contribution is -2.41. The molecule has 4 rings (SSSR count). The van der Waals surface area contributed by atoms with E-state index in [2.05, 4.69) is 10.1 Å². The van der Waals surface area contributed by atoms with Crippen molar-refractivity contribution >= 4 is 5.91 Å². The molecule has 0 N–H and O–H groups in total. The van der Waals surface area contributed by atoms with E-state index in [0.717, 1.165) is 51.5 Å². The molecule has 6 nitrogen and oxygen atoms in total. The smallest absolute Gasteiger partial charge is 0.249 e. The van der Waals surface area contributed by atoms with Gasteiger partial charge in [0.25, 0.3) is 0 Å². The van der Waals surface area contributed by atoms with E-state index in [1.807, 2.05) is 4.90 Å². The number of carbonyl (C=O) groups is 1. The summed E-state index contributed by atoms with van der Waals surface area (Å²) in [6.45, 7) is 1.14. The molecule has 0 bridgehead atoms. The zero-order valence-corrected chi connectivity index (χ0v) is 16.0. The quantitative estimate of drug-likeness (QED) is 0.747. The molecule has 1 saturated heterocycles. The van der Waals surface area contributed by atoms with Gasteiger partial charge in [-0.25, -0.2) is 4.39 Å². The number of piperidine rings is 1. The Balaban J connectivity index is 1.36. The largest absolute Gasteiger partial charge is 0.493 e. The highest BCUT2D eigenvalue weighted by molar-refractivity contribution is 5.79. The van der Waals surface area contributed by atoms with Gasteiger partial charge in [-0.15, -0.1) is 0 Å². The van der Waals surface area contributed by atoms with Gasteiger partial charge in [0.2, 0.25) is 11.8 Å². The van der Waals surface area contributed by atoms with Crippen molar-refractivity contribution in [1.29, 1.82) is 0 Å². The van der Waals surface area contributed by atoms with E-state index < -0.39 is 0 Å². The average Bonchev–Trinajstić information content (AvgIpc) is 3.41. The van der Waals surface area contributed by atoms with Crippen molar-refractivity contribution in [2.75, 3.05) is 13.2 Å². The summed E-state index contributed by atoms with van der Waals surface area (Å²) in [5.41, 5.74) is 0. The second-order valence-corrected chi connectivity index (χ2v) is 7.63. The molecule has 2 aromatic rings. The number of hydrogen-bond donors (Lipinski definition) is 0. The van der Waals surface area contributed by atoms with Crippen LogP contribution < -0.4 is 4.74 Å². The first-order valence-electron chi connectivity index (χ1n) is 10.2. The van der Waals surface area contributed by atoms with Crippen LogP contribution in [0.5, 0.6) is 5.75 Å². The van der Waals surface area contributed by atoms with Crippen molar-refractivity contribution in [1.82, 2.24) is 15.0 Å². The van der Waals surface area contributed by atoms with E-state index in [-0.39, 0.29) is 23.7 Å². The molecule has 2 fully saturated rings. The van der Waals surface area contributed by atoms with Crippen molar-refractivity contribution in [3.05, 3.63) is 41.8 Å². The van der Waals surface area contributed by atoms with Crippen molar-refractivity contribution in [3.63, 3.8) is 0 Å². The standard InChI is InChI=1S/C21H26FN3O3/c22-16-8-10-17(11-9-16)27-14-12-19-23-20(28-24-19)18-7-3-4-13-25(18)21(26)15-5-1-2-6-15/h8-11,15,18H,1-7,12-14H2. The van der Waals surface area contributed by atoms with Crippen LogP contribution in [0, 0.1) is 11.7 Å². The molecule has 1 aromatic carbocycles. The minimum Gasteiger partial charge on any atom is -0.493 e. The van der Waals surface area contributed by atoms with Gasteiger partial charge in [0.1, 0.15) is 17.6 Å². The van der Waals surface area contributed by atoms with Crippen molar-refractivity contribution < 1.29 is 18.4 Å². The number of likely N-dealkylation sites (tertiary alicyclic amines) is 1. The van der Waals surface area contributed by atoms with E-state index in [9.17, 15) is 9.18 Å². The number of rotatable bonds is 6. The number of benzene rings is 1. The maximum Gasteiger partial charge on any atom is 0.249 e. The second kappa shape index (κ2) is 8.71. The summed E-state index contributed by atoms with van der Waals surface area (Å²) in [7, 11) is 0. The second-order valence-electron chi connectivity index (χ2n) is 7.63. The zero-order valence-electron chi connectivity index (χ0n) is 16.0. The van der Waals surface area contributed by atoms with Gasteiger partial charge in [-0.3, -0.25) is 4.79 Å². The molecule has 1 aliphatic heterocycles. The summed E-state index contributed by atoms with van der Waals surface area (Å²) in [6, 6.07) is 5.79. The topological polar surface area (TPSA) is 68.5 Å². The van der Waals surface area contributed by atoms with Crippen LogP contribution in [0.1, 0.15) is 62.7 Å². The summed E-state index contributed by atoms with van der Waals surface area (Å²) in [6.07, 6.45) is 7.74. The Labute approximate surface area is 164 Å². The molecule has 1 aromatic heterocycles. The Hall–Kier alpha value is -2.44. The molecular weight excluding hydrogens is 361 g/mol. The van der Waals surface area contributed by atoms with Crippen LogP contribution in [0.15, 0.2) is 28.8 Å². The predicted molar refractivity (Wildman–Crippen MR) is 100 cm³/mol. The van der Waals surface area contributed by atoms with Gasteiger partial charge in [-0.2, -0.15) is 4.98 Å². The molecule has 2 aliphatic rings. The lowest BCUT2D eigenvalue weighted by Gasteiger charge is -2.35. The zero-order chi connectivity index (χ0) is 19.3. The maximum atomic E-state index is 12.9. The first-order valence-corrected chi connectivity index (χ1v) is 10.2. The fraction of sp³-hybridized carbons (Fsp3) is 0.571. The molecule has 1 aliphatic carbocycles. The van der Waals surface area contributed by atoms with Gasteiger partial charge < -0.3 is 14.2 Å². The number of carbonyl (C=O) groups excluding carboxylic acids is 1. The highest BCUT2D eigenvalue weighted by atomic mass is 19.1. The van der Waals surface area contributed by atoms with Gasteiger partial charge in [0.05, 0.1) is 6.61 Å². The van der Waals surface area contributed by atoms with Gasteiger partial charge in [-0.1, -0.05) is 18.0 Å². The molecular formula is C21H26FN3O3. The summed E-state index contributed by atoms with van der Waals surface area (Å²) >= 11 is 0. The van der Waals surface area contributed by atoms with E-state index in [0.29, 0.717) is 30.5 Å². The van der Waals surface area contributed by atoms with Crippen molar-refractivity contribution in [2.24, 2.45) is 5.92 Å². The Kier molecular flexibility index (Phi) is 5.88. The van der Waals surface area contributed by atoms with Crippen LogP contribution in [0.4, 0.5) is 4.39 Å². The molecule has 1 amide bonds. The van der Waals surface area contributed by atoms with E-state index in [4.69, 9.17) is 9.26 Å². The van der Waals surface area contributed by atoms with Crippen LogP contribution in [0.3, 0.4) is 0 Å². The maximum absolute atomic E-state index is 12.9. The molecule has 7 heteroatoms. The minimum absolute atomic E-state index is 0.110. The third-order valence-electron chi connectivity index (χ3n) is 5.67. The summed E-state index contributed by atoms with van der Waals surface area (Å²) < 4.78 is 24.0. The Morgan fingerprint density at radius 1 is 1.14 bits per heavy atom. The Morgan fingerprint density at radius 3 is 2.68 bits per heavy atom. The first-order chi connectivity index (χ1) is 13.7. The normalized spacial score (nSPS) is 20.5. The first kappa shape index (κ1) is 18.9. The SMILES string of the molecule is O=C(C1CCCC1)N1CCCCC1c1nc(CCOc2ccc(F)cc2)no1. The molecule has 1 atom stereocenters. The van der Waals surface area contributed by atoms with E-state index in [1.165, 1.54) is 12.1 Å². The molecule has 0 radical (unpaired) electrons. The Bertz CT molecular complexity index is 786. The van der Waals surface area contributed by atoms with E-state index >= 15 is 0 Å². The molecule has 2 heterocycles. The monoisotopic (exact) mass is 387 g/mol. The molecule has 0 spiro atoms. The molecule has 150 valence electrons. The van der Waals surface area contributed by atoms with Crippen LogP contribution in [0.25, 0.3) is 0 Å². The third kappa shape index (κ3) is 4.34. The van der Waals surface area contributed by atoms with Crippen LogP contribution in [-0.4, -0.2) is 34.1 Å². The summed E-state index contributed by atoms with van der Waals surface area (Å²) in [4.78, 5) is 19.4. The van der Waals surface area contributed by atoms with Crippen molar-refractivity contribution in [3.8, 4) is 5.75 Å². The van der Waals surface area contributed by atoms with Crippen LogP contribution >= 0.6 is 0 Å². The fourth-order valence-electron chi connectivity index (χ4n) is 4.15. The van der Waals surface area contributed by atoms with E-state index in [1.54, 1.807) is 12.1 Å². The van der Waals surface area contributed by atoms with Crippen molar-refractivity contribution in [2.45, 2.75) is 57.4 Å². The number of aromatic nitrogens is 2. The van der Waals surface area contributed by atoms with Crippen LogP contribution in [0.2, 0.25) is 0 Å². The third-order valence-corrected chi connectivity index (χ3v) is 5.67. The van der Waals surface area contributed by atoms with Gasteiger partial charge in [-0.05, 0) is 56.4 Å². The number of hydrogen-bond acceptors (Lipinski definition) is 5. The van der Waals surface area contributed by atoms with Crippen LogP contribution in [-0.2, 0) is 11.2 Å². The highest BCUT2D eigenvalue weighted by Gasteiger charge is 2.36. The molecule has 1 unspecified atom stereocenters. The lowest BCUT2D eigenvalue weighted by molar-refractivity contribution is -0.140. The molecule has 28 heavy (non-hydrogen) atoms. The van der Waals surface area contributed by atoms with Gasteiger partial charge in [0, 0.05) is 18.9 Å². The number of halogens is 1. The summed E-state index contributed by atoms with van der Waals surface area (Å²) in [5.74, 6) is 1.82.